The average molecular weight is 253 g/mol. The third-order valence-electron chi connectivity index (χ3n) is 2.87. The Kier molecular flexibility index (Phi) is 2.45. The molecule has 0 N–H and O–H groups in total. The number of rotatable bonds is 1. The van der Waals surface area contributed by atoms with Crippen LogP contribution in [0.25, 0.3) is 16.5 Å². The van der Waals surface area contributed by atoms with E-state index >= 15 is 0 Å². The van der Waals surface area contributed by atoms with Gasteiger partial charge in [-0.2, -0.15) is 0 Å². The second-order valence-electron chi connectivity index (χ2n) is 4.04. The van der Waals surface area contributed by atoms with Crippen LogP contribution in [-0.2, 0) is 0 Å². The van der Waals surface area contributed by atoms with E-state index in [1.807, 2.05) is 24.3 Å². The monoisotopic (exact) mass is 252 g/mol. The highest BCUT2D eigenvalue weighted by Crippen LogP contribution is 2.34. The first-order valence-electron chi connectivity index (χ1n) is 5.26. The van der Waals surface area contributed by atoms with Gasteiger partial charge in [0.05, 0.1) is 5.38 Å². The Morgan fingerprint density at radius 1 is 1.25 bits per heavy atom. The Hall–Kier alpha value is -0.920. The number of furan rings is 1. The van der Waals surface area contributed by atoms with Gasteiger partial charge in [0.1, 0.15) is 11.3 Å². The molecule has 0 spiro atoms. The van der Waals surface area contributed by atoms with Crippen LogP contribution >= 0.6 is 23.2 Å². The SMILES string of the molecule is Clc1ccc2oc(C3=CC(Cl)CC3)cc2c1. The highest BCUT2D eigenvalue weighted by Gasteiger charge is 2.17. The molecule has 0 fully saturated rings. The average Bonchev–Trinajstić information content (AvgIpc) is 2.83. The molecule has 1 aliphatic carbocycles. The largest absolute Gasteiger partial charge is 0.456 e. The molecule has 1 aliphatic rings. The van der Waals surface area contributed by atoms with Crippen LogP contribution < -0.4 is 0 Å². The van der Waals surface area contributed by atoms with Crippen LogP contribution in [-0.4, -0.2) is 5.38 Å². The third-order valence-corrected chi connectivity index (χ3v) is 3.45. The minimum absolute atomic E-state index is 0.145. The predicted octanol–water partition coefficient (Wildman–Crippen LogP) is 4.87. The number of hydrogen-bond acceptors (Lipinski definition) is 1. The minimum atomic E-state index is 0.145. The van der Waals surface area contributed by atoms with Gasteiger partial charge in [-0.1, -0.05) is 17.7 Å². The predicted molar refractivity (Wildman–Crippen MR) is 68.1 cm³/mol. The van der Waals surface area contributed by atoms with Crippen LogP contribution in [0.2, 0.25) is 5.02 Å². The molecule has 0 bridgehead atoms. The lowest BCUT2D eigenvalue weighted by atomic mass is 10.1. The Bertz CT molecular complexity index is 568. The van der Waals surface area contributed by atoms with Crippen molar-refractivity contribution in [3.8, 4) is 0 Å². The van der Waals surface area contributed by atoms with E-state index in [-0.39, 0.29) is 5.38 Å². The zero-order valence-electron chi connectivity index (χ0n) is 8.54. The van der Waals surface area contributed by atoms with Crippen LogP contribution in [0, 0.1) is 0 Å². The lowest BCUT2D eigenvalue weighted by Gasteiger charge is -1.93. The normalized spacial score (nSPS) is 20.4. The fourth-order valence-electron chi connectivity index (χ4n) is 2.06. The summed E-state index contributed by atoms with van der Waals surface area (Å²) < 4.78 is 5.77. The summed E-state index contributed by atoms with van der Waals surface area (Å²) in [4.78, 5) is 0. The molecule has 1 aromatic heterocycles. The third kappa shape index (κ3) is 1.74. The summed E-state index contributed by atoms with van der Waals surface area (Å²) in [5.41, 5.74) is 2.07. The van der Waals surface area contributed by atoms with Crippen LogP contribution in [0.4, 0.5) is 0 Å². The van der Waals surface area contributed by atoms with Gasteiger partial charge >= 0.3 is 0 Å². The zero-order chi connectivity index (χ0) is 11.1. The van der Waals surface area contributed by atoms with Crippen LogP contribution in [0.3, 0.4) is 0 Å². The van der Waals surface area contributed by atoms with Crippen molar-refractivity contribution < 1.29 is 4.42 Å². The van der Waals surface area contributed by atoms with Crippen molar-refractivity contribution in [3.63, 3.8) is 0 Å². The van der Waals surface area contributed by atoms with E-state index in [4.69, 9.17) is 27.6 Å². The maximum atomic E-state index is 6.04. The number of hydrogen-bond donors (Lipinski definition) is 0. The fourth-order valence-corrected chi connectivity index (χ4v) is 2.50. The topological polar surface area (TPSA) is 13.1 Å². The standard InChI is InChI=1S/C13H10Cl2O/c14-10-2-1-8(5-10)13-7-9-6-11(15)3-4-12(9)16-13/h3-7,10H,1-2H2. The first-order chi connectivity index (χ1) is 7.72. The maximum absolute atomic E-state index is 6.04. The Labute approximate surface area is 104 Å². The Morgan fingerprint density at radius 2 is 2.12 bits per heavy atom. The number of halogens is 2. The van der Waals surface area contributed by atoms with E-state index in [9.17, 15) is 0 Å². The van der Waals surface area contributed by atoms with Gasteiger partial charge < -0.3 is 4.42 Å². The molecule has 2 aromatic rings. The van der Waals surface area contributed by atoms with Gasteiger partial charge in [-0.05, 0) is 42.7 Å². The molecule has 3 rings (SSSR count). The van der Waals surface area contributed by atoms with Gasteiger partial charge in [0, 0.05) is 10.4 Å². The molecule has 1 nitrogen and oxygen atoms in total. The molecular weight excluding hydrogens is 243 g/mol. The molecule has 0 aliphatic heterocycles. The van der Waals surface area contributed by atoms with Crippen LogP contribution in [0.1, 0.15) is 18.6 Å². The number of alkyl halides is 1. The molecule has 1 heterocycles. The van der Waals surface area contributed by atoms with E-state index in [1.165, 1.54) is 5.57 Å². The molecular formula is C13H10Cl2O. The molecule has 1 unspecified atom stereocenters. The summed E-state index contributed by atoms with van der Waals surface area (Å²) in [5.74, 6) is 0.917. The molecule has 0 amide bonds. The van der Waals surface area contributed by atoms with Gasteiger partial charge in [0.15, 0.2) is 0 Å². The van der Waals surface area contributed by atoms with E-state index in [1.54, 1.807) is 0 Å². The van der Waals surface area contributed by atoms with E-state index in [0.717, 1.165) is 34.6 Å². The van der Waals surface area contributed by atoms with Crippen molar-refractivity contribution in [3.05, 3.63) is 41.1 Å². The zero-order valence-corrected chi connectivity index (χ0v) is 10.1. The van der Waals surface area contributed by atoms with Gasteiger partial charge in [-0.15, -0.1) is 11.6 Å². The Balaban J connectivity index is 2.09. The summed E-state index contributed by atoms with van der Waals surface area (Å²) in [6.07, 6.45) is 4.05. The van der Waals surface area contributed by atoms with Gasteiger partial charge in [-0.3, -0.25) is 0 Å². The Morgan fingerprint density at radius 3 is 2.88 bits per heavy atom. The van der Waals surface area contributed by atoms with E-state index in [2.05, 4.69) is 6.08 Å². The summed E-state index contributed by atoms with van der Waals surface area (Å²) in [7, 11) is 0. The fraction of sp³-hybridized carbons (Fsp3) is 0.231. The minimum Gasteiger partial charge on any atom is -0.456 e. The lowest BCUT2D eigenvalue weighted by molar-refractivity contribution is 0.597. The molecule has 16 heavy (non-hydrogen) atoms. The van der Waals surface area contributed by atoms with Crippen molar-refractivity contribution in [1.29, 1.82) is 0 Å². The second kappa shape index (κ2) is 3.83. The lowest BCUT2D eigenvalue weighted by Crippen LogP contribution is -1.81. The van der Waals surface area contributed by atoms with Crippen LogP contribution in [0.5, 0.6) is 0 Å². The molecule has 3 heteroatoms. The molecule has 1 atom stereocenters. The quantitative estimate of drug-likeness (QED) is 0.660. The molecule has 1 aromatic carbocycles. The van der Waals surface area contributed by atoms with Crippen LogP contribution in [0.15, 0.2) is 34.8 Å². The second-order valence-corrected chi connectivity index (χ2v) is 5.04. The van der Waals surface area contributed by atoms with Gasteiger partial charge in [0.25, 0.3) is 0 Å². The van der Waals surface area contributed by atoms with Crippen molar-refractivity contribution in [1.82, 2.24) is 0 Å². The van der Waals surface area contributed by atoms with Crippen molar-refractivity contribution >= 4 is 39.7 Å². The summed E-state index contributed by atoms with van der Waals surface area (Å²) in [5, 5.41) is 1.92. The first kappa shape index (κ1) is 10.2. The van der Waals surface area contributed by atoms with Crippen molar-refractivity contribution in [2.45, 2.75) is 18.2 Å². The van der Waals surface area contributed by atoms with E-state index < -0.39 is 0 Å². The van der Waals surface area contributed by atoms with Gasteiger partial charge in [0.2, 0.25) is 0 Å². The number of benzene rings is 1. The highest BCUT2D eigenvalue weighted by molar-refractivity contribution is 6.31. The molecule has 0 saturated carbocycles. The summed E-state index contributed by atoms with van der Waals surface area (Å²) in [6, 6.07) is 7.68. The molecule has 0 radical (unpaired) electrons. The van der Waals surface area contributed by atoms with Gasteiger partial charge in [-0.25, -0.2) is 0 Å². The maximum Gasteiger partial charge on any atom is 0.134 e. The highest BCUT2D eigenvalue weighted by atomic mass is 35.5. The smallest absolute Gasteiger partial charge is 0.134 e. The molecule has 82 valence electrons. The number of fused-ring (bicyclic) bond motifs is 1. The van der Waals surface area contributed by atoms with Crippen molar-refractivity contribution in [2.75, 3.05) is 0 Å². The first-order valence-corrected chi connectivity index (χ1v) is 6.08. The summed E-state index contributed by atoms with van der Waals surface area (Å²) in [6.45, 7) is 0. The number of allylic oxidation sites excluding steroid dienone is 2. The molecule has 0 saturated heterocycles. The van der Waals surface area contributed by atoms with E-state index in [0.29, 0.717) is 0 Å². The van der Waals surface area contributed by atoms with Crippen molar-refractivity contribution in [2.24, 2.45) is 0 Å². The summed E-state index contributed by atoms with van der Waals surface area (Å²) >= 11 is 12.0.